The summed E-state index contributed by atoms with van der Waals surface area (Å²) in [6.45, 7) is 2.66. The van der Waals surface area contributed by atoms with E-state index < -0.39 is 30.4 Å². The first-order valence-corrected chi connectivity index (χ1v) is 19.6. The summed E-state index contributed by atoms with van der Waals surface area (Å²) in [5.74, 6) is -0.840. The first-order chi connectivity index (χ1) is 28.1. The van der Waals surface area contributed by atoms with Crippen molar-refractivity contribution in [2.24, 2.45) is 0 Å². The largest absolute Gasteiger partial charge is 0.445 e. The van der Waals surface area contributed by atoms with E-state index in [2.05, 4.69) is 10.2 Å². The van der Waals surface area contributed by atoms with Gasteiger partial charge in [-0.05, 0) is 59.0 Å². The van der Waals surface area contributed by atoms with Crippen LogP contribution in [0.15, 0.2) is 133 Å². The molecule has 2 fully saturated rings. The smallest absolute Gasteiger partial charge is 0.408 e. The molecule has 3 amide bonds. The molecule has 0 bridgehead atoms. The van der Waals surface area contributed by atoms with Gasteiger partial charge in [-0.2, -0.15) is 0 Å². The van der Waals surface area contributed by atoms with Gasteiger partial charge >= 0.3 is 6.09 Å². The Kier molecular flexibility index (Phi) is 13.1. The summed E-state index contributed by atoms with van der Waals surface area (Å²) >= 11 is 0. The molecule has 2 aliphatic heterocycles. The van der Waals surface area contributed by atoms with Gasteiger partial charge in [-0.1, -0.05) is 127 Å². The number of alkyl carbamates (subject to hydrolysis) is 1. The number of nitrogens with zero attached hydrogens (tertiary/aromatic N) is 2. The highest BCUT2D eigenvalue weighted by atomic mass is 16.7. The number of nitrogens with one attached hydrogen (secondary N) is 1. The molecule has 11 heteroatoms. The molecule has 6 unspecified atom stereocenters. The van der Waals surface area contributed by atoms with Crippen molar-refractivity contribution < 1.29 is 38.8 Å². The summed E-state index contributed by atoms with van der Waals surface area (Å²) in [4.78, 5) is 41.8. The summed E-state index contributed by atoms with van der Waals surface area (Å²) in [5, 5.41) is 23.3. The average molecular weight is 784 g/mol. The molecule has 2 saturated heterocycles. The van der Waals surface area contributed by atoms with Gasteiger partial charge in [-0.25, -0.2) is 4.79 Å². The highest BCUT2D eigenvalue weighted by Gasteiger charge is 2.40. The van der Waals surface area contributed by atoms with Crippen LogP contribution >= 0.6 is 0 Å². The quantitative estimate of drug-likeness (QED) is 0.102. The molecule has 6 atom stereocenters. The molecule has 0 saturated carbocycles. The van der Waals surface area contributed by atoms with Crippen molar-refractivity contribution >= 4 is 17.9 Å². The van der Waals surface area contributed by atoms with Crippen LogP contribution in [-0.2, 0) is 43.6 Å². The molecular weight excluding hydrogens is 735 g/mol. The van der Waals surface area contributed by atoms with Crippen LogP contribution in [0.25, 0.3) is 11.1 Å². The number of rotatable bonds is 14. The molecule has 0 radical (unpaired) electrons. The van der Waals surface area contributed by atoms with E-state index in [1.54, 1.807) is 0 Å². The zero-order chi connectivity index (χ0) is 40.6. The maximum atomic E-state index is 13.2. The molecule has 5 aromatic rings. The number of likely N-dealkylation sites (N-methyl/N-ethyl adjacent to an activating group) is 1. The molecule has 11 nitrogen and oxygen atoms in total. The summed E-state index contributed by atoms with van der Waals surface area (Å²) in [6, 6.07) is 41.1. The fourth-order valence-electron chi connectivity index (χ4n) is 7.42. The molecule has 300 valence electrons. The maximum absolute atomic E-state index is 13.2. The third-order valence-electron chi connectivity index (χ3n) is 10.9. The van der Waals surface area contributed by atoms with Crippen LogP contribution in [0.1, 0.15) is 71.6 Å². The van der Waals surface area contributed by atoms with E-state index in [9.17, 15) is 24.6 Å². The lowest BCUT2D eigenvalue weighted by Gasteiger charge is -2.39. The van der Waals surface area contributed by atoms with E-state index in [1.165, 1.54) is 4.90 Å². The lowest BCUT2D eigenvalue weighted by molar-refractivity contribution is -0.253. The van der Waals surface area contributed by atoms with E-state index >= 15 is 0 Å². The monoisotopic (exact) mass is 783 g/mol. The Morgan fingerprint density at radius 1 is 0.828 bits per heavy atom. The Morgan fingerprint density at radius 3 is 2.21 bits per heavy atom. The second kappa shape index (κ2) is 18.7. The second-order valence-electron chi connectivity index (χ2n) is 15.0. The van der Waals surface area contributed by atoms with Gasteiger partial charge in [0.25, 0.3) is 5.91 Å². The fourth-order valence-corrected chi connectivity index (χ4v) is 7.42. The number of hydrogen-bond acceptors (Lipinski definition) is 9. The van der Waals surface area contributed by atoms with Crippen molar-refractivity contribution in [3.63, 3.8) is 0 Å². The molecule has 2 aliphatic rings. The normalized spacial score (nSPS) is 20.5. The molecule has 2 heterocycles. The number of aliphatic hydroxyl groups excluding tert-OH is 2. The first-order valence-electron chi connectivity index (χ1n) is 19.6. The van der Waals surface area contributed by atoms with E-state index in [0.717, 1.165) is 44.5 Å². The number of benzene rings is 5. The number of likely N-dealkylation sites (tertiary alicyclic amines) is 1. The van der Waals surface area contributed by atoms with Gasteiger partial charge in [-0.15, -0.1) is 0 Å². The second-order valence-corrected chi connectivity index (χ2v) is 15.0. The fraction of sp³-hybridized carbons (Fsp3) is 0.298. The molecule has 5 aromatic carbocycles. The number of ether oxygens (including phenoxy) is 3. The molecule has 58 heavy (non-hydrogen) atoms. The Morgan fingerprint density at radius 2 is 1.50 bits per heavy atom. The van der Waals surface area contributed by atoms with E-state index in [4.69, 9.17) is 14.2 Å². The van der Waals surface area contributed by atoms with Crippen LogP contribution in [0.5, 0.6) is 0 Å². The van der Waals surface area contributed by atoms with E-state index in [-0.39, 0.29) is 50.3 Å². The van der Waals surface area contributed by atoms with E-state index in [1.807, 2.05) is 147 Å². The number of amides is 3. The SMILES string of the molecule is CC(C(O)c1ccccc1)N(C)CC1CC(c2ccc(CO)cc2)OC(c2ccc(-c3cccc(CN4C(=O)CC(NC(=O)OCc5ccccc5)C4=O)c3)cc2)O1. The minimum Gasteiger partial charge on any atom is -0.445 e. The van der Waals surface area contributed by atoms with Crippen LogP contribution in [0.3, 0.4) is 0 Å². The van der Waals surface area contributed by atoms with Gasteiger partial charge in [0.1, 0.15) is 12.6 Å². The summed E-state index contributed by atoms with van der Waals surface area (Å²) in [6.07, 6.45) is -2.08. The van der Waals surface area contributed by atoms with Gasteiger partial charge in [-0.3, -0.25) is 19.4 Å². The van der Waals surface area contributed by atoms with Gasteiger partial charge in [0.15, 0.2) is 6.29 Å². The molecular formula is C47H49N3O8. The van der Waals surface area contributed by atoms with Gasteiger partial charge in [0.05, 0.1) is 37.9 Å². The summed E-state index contributed by atoms with van der Waals surface area (Å²) < 4.78 is 18.5. The van der Waals surface area contributed by atoms with Crippen LogP contribution in [0.2, 0.25) is 0 Å². The van der Waals surface area contributed by atoms with Crippen molar-refractivity contribution in [2.45, 2.75) is 76.2 Å². The third kappa shape index (κ3) is 9.87. The van der Waals surface area contributed by atoms with Crippen LogP contribution in [-0.4, -0.2) is 69.7 Å². The molecule has 0 spiro atoms. The lowest BCUT2D eigenvalue weighted by atomic mass is 9.98. The molecule has 3 N–H and O–H groups in total. The third-order valence-corrected chi connectivity index (χ3v) is 10.9. The first kappa shape index (κ1) is 40.5. The minimum atomic E-state index is -0.987. The zero-order valence-electron chi connectivity index (χ0n) is 32.6. The van der Waals surface area contributed by atoms with Crippen LogP contribution in [0, 0.1) is 0 Å². The number of carbonyl (C=O) groups excluding carboxylic acids is 3. The van der Waals surface area contributed by atoms with E-state index in [0.29, 0.717) is 13.0 Å². The minimum absolute atomic E-state index is 0.0395. The number of imide groups is 1. The Labute approximate surface area is 338 Å². The molecule has 7 rings (SSSR count). The Bertz CT molecular complexity index is 2150. The number of aliphatic hydroxyl groups is 2. The predicted octanol–water partition coefficient (Wildman–Crippen LogP) is 7.00. The van der Waals surface area contributed by atoms with Crippen LogP contribution < -0.4 is 5.32 Å². The maximum Gasteiger partial charge on any atom is 0.408 e. The topological polar surface area (TPSA) is 138 Å². The van der Waals surface area contributed by atoms with Gasteiger partial charge < -0.3 is 29.7 Å². The standard InChI is InChI=1S/C47H49N3O8/c1-31(44(53)37-13-7-4-8-14-37)49(2)28-40-25-42(36-18-16-32(29-51)17-19-36)58-46(57-40)38-22-20-35(21-23-38)39-15-9-12-34(24-39)27-50-43(52)26-41(45(50)54)48-47(55)56-30-33-10-5-3-6-11-33/h3-24,31,40-42,44,46,51,53H,25-30H2,1-2H3,(H,48,55). The van der Waals surface area contributed by atoms with Crippen LogP contribution in [0.4, 0.5) is 4.79 Å². The highest BCUT2D eigenvalue weighted by Crippen LogP contribution is 2.39. The van der Waals surface area contributed by atoms with Gasteiger partial charge in [0.2, 0.25) is 5.91 Å². The zero-order valence-corrected chi connectivity index (χ0v) is 32.6. The number of carbonyl (C=O) groups is 3. The van der Waals surface area contributed by atoms with Crippen molar-refractivity contribution in [3.05, 3.63) is 167 Å². The summed E-state index contributed by atoms with van der Waals surface area (Å²) in [5.41, 5.74) is 6.93. The van der Waals surface area contributed by atoms with Crippen molar-refractivity contribution in [1.29, 1.82) is 0 Å². The Hall–Kier alpha value is -5.69. The van der Waals surface area contributed by atoms with Crippen molar-refractivity contribution in [3.8, 4) is 11.1 Å². The lowest BCUT2D eigenvalue weighted by Crippen LogP contribution is -2.43. The number of hydrogen-bond donors (Lipinski definition) is 3. The molecule has 0 aliphatic carbocycles. The molecule has 0 aromatic heterocycles. The summed E-state index contributed by atoms with van der Waals surface area (Å²) in [7, 11) is 1.99. The van der Waals surface area contributed by atoms with Crippen molar-refractivity contribution in [1.82, 2.24) is 15.1 Å². The average Bonchev–Trinajstić information content (AvgIpc) is 3.52. The van der Waals surface area contributed by atoms with Crippen molar-refractivity contribution in [2.75, 3.05) is 13.6 Å². The highest BCUT2D eigenvalue weighted by molar-refractivity contribution is 6.06. The van der Waals surface area contributed by atoms with Gasteiger partial charge in [0, 0.05) is 24.6 Å². The Balaban J connectivity index is 1.01. The predicted molar refractivity (Wildman–Crippen MR) is 218 cm³/mol.